The Labute approximate surface area is 104 Å². The van der Waals surface area contributed by atoms with Crippen molar-refractivity contribution in [1.29, 1.82) is 0 Å². The smallest absolute Gasteiger partial charge is 0.322 e. The first-order valence-electron chi connectivity index (χ1n) is 4.18. The molecular formula is C9H5Cl2F4NO. The fourth-order valence-electron chi connectivity index (χ4n) is 1.08. The highest BCUT2D eigenvalue weighted by Gasteiger charge is 2.35. The molecule has 94 valence electrons. The molecule has 1 aromatic carbocycles. The van der Waals surface area contributed by atoms with Gasteiger partial charge in [0.2, 0.25) is 5.91 Å². The second-order valence-corrected chi connectivity index (χ2v) is 3.64. The van der Waals surface area contributed by atoms with Crippen LogP contribution < -0.4 is 5.32 Å². The van der Waals surface area contributed by atoms with Crippen molar-refractivity contribution in [2.24, 2.45) is 0 Å². The van der Waals surface area contributed by atoms with Gasteiger partial charge in [0.25, 0.3) is 0 Å². The van der Waals surface area contributed by atoms with Crippen molar-refractivity contribution in [3.05, 3.63) is 28.5 Å². The van der Waals surface area contributed by atoms with Crippen molar-refractivity contribution >= 4 is 34.8 Å². The van der Waals surface area contributed by atoms with E-state index >= 15 is 0 Å². The third-order valence-electron chi connectivity index (χ3n) is 1.79. The maximum atomic E-state index is 13.4. The van der Waals surface area contributed by atoms with E-state index < -0.39 is 40.1 Å². The molecule has 1 aromatic rings. The molecule has 0 saturated heterocycles. The molecule has 1 N–H and O–H groups in total. The maximum Gasteiger partial charge on any atom is 0.418 e. The second-order valence-electron chi connectivity index (χ2n) is 2.96. The zero-order chi connectivity index (χ0) is 13.2. The molecule has 2 nitrogen and oxygen atoms in total. The molecule has 0 radical (unpaired) electrons. The number of nitrogens with one attached hydrogen (secondary N) is 1. The average molecular weight is 290 g/mol. The molecule has 0 fully saturated rings. The van der Waals surface area contributed by atoms with Crippen molar-refractivity contribution in [1.82, 2.24) is 0 Å². The summed E-state index contributed by atoms with van der Waals surface area (Å²) >= 11 is 10.4. The van der Waals surface area contributed by atoms with Gasteiger partial charge in [-0.15, -0.1) is 11.6 Å². The van der Waals surface area contributed by atoms with Gasteiger partial charge in [-0.2, -0.15) is 13.2 Å². The number of hydrogen-bond donors (Lipinski definition) is 1. The minimum Gasteiger partial charge on any atom is -0.322 e. The summed E-state index contributed by atoms with van der Waals surface area (Å²) in [6.45, 7) is 0. The standard InChI is InChI=1S/C9H5Cl2F4NO/c10-3-6(17)16-8-4(9(13,14)15)1-2-5(11)7(8)12/h1-2H,3H2,(H,16,17). The van der Waals surface area contributed by atoms with E-state index in [1.807, 2.05) is 0 Å². The van der Waals surface area contributed by atoms with Crippen LogP contribution in [0.1, 0.15) is 5.56 Å². The Morgan fingerprint density at radius 2 is 1.94 bits per heavy atom. The monoisotopic (exact) mass is 289 g/mol. The molecule has 17 heavy (non-hydrogen) atoms. The number of hydrogen-bond acceptors (Lipinski definition) is 1. The number of alkyl halides is 4. The van der Waals surface area contributed by atoms with Gasteiger partial charge in [0.15, 0.2) is 5.82 Å². The molecule has 0 saturated carbocycles. The molecule has 0 aromatic heterocycles. The Kier molecular flexibility index (Phi) is 4.21. The van der Waals surface area contributed by atoms with Crippen LogP contribution >= 0.6 is 23.2 Å². The first kappa shape index (κ1) is 14.1. The van der Waals surface area contributed by atoms with Crippen molar-refractivity contribution in [2.45, 2.75) is 6.18 Å². The number of carbonyl (C=O) groups is 1. The summed E-state index contributed by atoms with van der Waals surface area (Å²) in [5, 5.41) is 1.20. The maximum absolute atomic E-state index is 13.4. The van der Waals surface area contributed by atoms with Crippen LogP contribution in [0.15, 0.2) is 12.1 Å². The quantitative estimate of drug-likeness (QED) is 0.653. The first-order chi connectivity index (χ1) is 7.77. The van der Waals surface area contributed by atoms with Crippen LogP contribution in [0.4, 0.5) is 23.2 Å². The van der Waals surface area contributed by atoms with Crippen LogP contribution in [0.5, 0.6) is 0 Å². The third kappa shape index (κ3) is 3.23. The zero-order valence-corrected chi connectivity index (χ0v) is 9.55. The molecule has 0 aliphatic rings. The molecular weight excluding hydrogens is 285 g/mol. The van der Waals surface area contributed by atoms with E-state index in [1.54, 1.807) is 5.32 Å². The van der Waals surface area contributed by atoms with Gasteiger partial charge < -0.3 is 5.32 Å². The van der Waals surface area contributed by atoms with Crippen molar-refractivity contribution in [3.8, 4) is 0 Å². The van der Waals surface area contributed by atoms with Gasteiger partial charge in [0.05, 0.1) is 16.3 Å². The van der Waals surface area contributed by atoms with Gasteiger partial charge in [0.1, 0.15) is 5.88 Å². The lowest BCUT2D eigenvalue weighted by molar-refractivity contribution is -0.137. The van der Waals surface area contributed by atoms with Gasteiger partial charge in [-0.1, -0.05) is 11.6 Å². The molecule has 1 amide bonds. The Hall–Kier alpha value is -1.01. The fraction of sp³-hybridized carbons (Fsp3) is 0.222. The Morgan fingerprint density at radius 1 is 1.35 bits per heavy atom. The lowest BCUT2D eigenvalue weighted by Gasteiger charge is -2.14. The van der Waals surface area contributed by atoms with Gasteiger partial charge in [0, 0.05) is 0 Å². The third-order valence-corrected chi connectivity index (χ3v) is 2.32. The van der Waals surface area contributed by atoms with E-state index in [-0.39, 0.29) is 0 Å². The highest BCUT2D eigenvalue weighted by atomic mass is 35.5. The van der Waals surface area contributed by atoms with E-state index in [2.05, 4.69) is 0 Å². The number of benzene rings is 1. The lowest BCUT2D eigenvalue weighted by atomic mass is 10.1. The second kappa shape index (κ2) is 5.10. The highest BCUT2D eigenvalue weighted by Crippen LogP contribution is 2.38. The summed E-state index contributed by atoms with van der Waals surface area (Å²) < 4.78 is 51.0. The van der Waals surface area contributed by atoms with Crippen molar-refractivity contribution in [2.75, 3.05) is 11.2 Å². The Balaban J connectivity index is 3.32. The van der Waals surface area contributed by atoms with Crippen molar-refractivity contribution < 1.29 is 22.4 Å². The van der Waals surface area contributed by atoms with E-state index in [1.165, 1.54) is 0 Å². The van der Waals surface area contributed by atoms with Gasteiger partial charge in [-0.05, 0) is 12.1 Å². The Bertz CT molecular complexity index is 447. The minimum atomic E-state index is -4.81. The number of halogens is 6. The van der Waals surface area contributed by atoms with Crippen LogP contribution in [0.2, 0.25) is 5.02 Å². The summed E-state index contributed by atoms with van der Waals surface area (Å²) in [7, 11) is 0. The number of amides is 1. The number of anilines is 1. The predicted molar refractivity (Wildman–Crippen MR) is 55.8 cm³/mol. The number of carbonyl (C=O) groups excluding carboxylic acids is 1. The topological polar surface area (TPSA) is 29.1 Å². The highest BCUT2D eigenvalue weighted by molar-refractivity contribution is 6.31. The first-order valence-corrected chi connectivity index (χ1v) is 5.09. The van der Waals surface area contributed by atoms with Crippen LogP contribution in [0.25, 0.3) is 0 Å². The molecule has 0 heterocycles. The molecule has 0 atom stereocenters. The van der Waals surface area contributed by atoms with Crippen LogP contribution in [-0.2, 0) is 11.0 Å². The average Bonchev–Trinajstić information content (AvgIpc) is 2.22. The summed E-state index contributed by atoms with van der Waals surface area (Å²) in [6.07, 6.45) is -4.81. The molecule has 0 unspecified atom stereocenters. The summed E-state index contributed by atoms with van der Waals surface area (Å²) in [4.78, 5) is 10.9. The SMILES string of the molecule is O=C(CCl)Nc1c(C(F)(F)F)ccc(Cl)c1F. The molecule has 1 rings (SSSR count). The fourth-order valence-corrected chi connectivity index (χ4v) is 1.31. The molecule has 0 bridgehead atoms. The summed E-state index contributed by atoms with van der Waals surface area (Å²) in [5.74, 6) is -2.90. The molecule has 0 aliphatic carbocycles. The minimum absolute atomic E-state index is 0.525. The molecule has 0 spiro atoms. The van der Waals surface area contributed by atoms with Crippen molar-refractivity contribution in [3.63, 3.8) is 0 Å². The van der Waals surface area contributed by atoms with E-state index in [0.29, 0.717) is 6.07 Å². The van der Waals surface area contributed by atoms with Gasteiger partial charge in [-0.25, -0.2) is 4.39 Å². The number of rotatable bonds is 2. The van der Waals surface area contributed by atoms with E-state index in [0.717, 1.165) is 6.07 Å². The lowest BCUT2D eigenvalue weighted by Crippen LogP contribution is -2.18. The Morgan fingerprint density at radius 3 is 2.41 bits per heavy atom. The van der Waals surface area contributed by atoms with Crippen LogP contribution in [-0.4, -0.2) is 11.8 Å². The predicted octanol–water partition coefficient (Wildman–Crippen LogP) is 3.68. The summed E-state index contributed by atoms with van der Waals surface area (Å²) in [5.41, 5.74) is -2.34. The molecule has 8 heteroatoms. The molecule has 0 aliphatic heterocycles. The zero-order valence-electron chi connectivity index (χ0n) is 8.04. The van der Waals surface area contributed by atoms with E-state index in [9.17, 15) is 22.4 Å². The summed E-state index contributed by atoms with van der Waals surface area (Å²) in [6, 6.07) is 1.34. The van der Waals surface area contributed by atoms with Crippen LogP contribution in [0.3, 0.4) is 0 Å². The van der Waals surface area contributed by atoms with Gasteiger partial charge in [-0.3, -0.25) is 4.79 Å². The van der Waals surface area contributed by atoms with E-state index in [4.69, 9.17) is 23.2 Å². The normalized spacial score (nSPS) is 11.4. The van der Waals surface area contributed by atoms with Gasteiger partial charge >= 0.3 is 6.18 Å². The largest absolute Gasteiger partial charge is 0.418 e. The van der Waals surface area contributed by atoms with Crippen LogP contribution in [0, 0.1) is 5.82 Å².